The summed E-state index contributed by atoms with van der Waals surface area (Å²) in [6.45, 7) is 4.13. The minimum atomic E-state index is 0.194. The molecule has 0 aliphatic heterocycles. The van der Waals surface area contributed by atoms with Crippen molar-refractivity contribution in [3.63, 3.8) is 0 Å². The van der Waals surface area contributed by atoms with Gasteiger partial charge in [-0.3, -0.25) is 0 Å². The van der Waals surface area contributed by atoms with Crippen molar-refractivity contribution in [3.8, 4) is 11.8 Å². The highest BCUT2D eigenvalue weighted by Crippen LogP contribution is 2.18. The summed E-state index contributed by atoms with van der Waals surface area (Å²) in [5.74, 6) is 5.72. The maximum absolute atomic E-state index is 8.07. The van der Waals surface area contributed by atoms with Gasteiger partial charge in [-0.05, 0) is 42.6 Å². The SMILES string of the molecule is Cc1c(N)ccc(C#CCN=[N+]=[N-])c1C. The molecule has 0 aliphatic carbocycles. The smallest absolute Gasteiger partial charge is 0.0880 e. The van der Waals surface area contributed by atoms with Crippen LogP contribution in [0.15, 0.2) is 17.2 Å². The highest BCUT2D eigenvalue weighted by atomic mass is 15.1. The van der Waals surface area contributed by atoms with Crippen LogP contribution in [-0.2, 0) is 0 Å². The van der Waals surface area contributed by atoms with Crippen LogP contribution < -0.4 is 5.73 Å². The lowest BCUT2D eigenvalue weighted by Crippen LogP contribution is -1.94. The fourth-order valence-electron chi connectivity index (χ4n) is 1.18. The van der Waals surface area contributed by atoms with E-state index >= 15 is 0 Å². The second-order valence-electron chi connectivity index (χ2n) is 3.14. The average Bonchev–Trinajstić information content (AvgIpc) is 2.24. The molecule has 4 nitrogen and oxygen atoms in total. The van der Waals surface area contributed by atoms with Crippen LogP contribution in [0.2, 0.25) is 0 Å². The van der Waals surface area contributed by atoms with Gasteiger partial charge in [-0.2, -0.15) is 0 Å². The van der Waals surface area contributed by atoms with Gasteiger partial charge < -0.3 is 5.73 Å². The van der Waals surface area contributed by atoms with Crippen LogP contribution in [0, 0.1) is 25.7 Å². The van der Waals surface area contributed by atoms with Gasteiger partial charge in [-0.25, -0.2) is 0 Å². The topological polar surface area (TPSA) is 74.8 Å². The van der Waals surface area contributed by atoms with E-state index < -0.39 is 0 Å². The zero-order chi connectivity index (χ0) is 11.3. The van der Waals surface area contributed by atoms with Gasteiger partial charge in [0.15, 0.2) is 0 Å². The Morgan fingerprint density at radius 3 is 2.80 bits per heavy atom. The fraction of sp³-hybridized carbons (Fsp3) is 0.273. The Morgan fingerprint density at radius 1 is 1.40 bits per heavy atom. The summed E-state index contributed by atoms with van der Waals surface area (Å²) < 4.78 is 0. The minimum absolute atomic E-state index is 0.194. The normalized spacial score (nSPS) is 8.67. The lowest BCUT2D eigenvalue weighted by atomic mass is 10.0. The van der Waals surface area contributed by atoms with Crippen LogP contribution in [0.1, 0.15) is 16.7 Å². The van der Waals surface area contributed by atoms with E-state index in [1.54, 1.807) is 0 Å². The highest BCUT2D eigenvalue weighted by Gasteiger charge is 2.00. The molecule has 0 bridgehead atoms. The molecule has 15 heavy (non-hydrogen) atoms. The molecule has 0 fully saturated rings. The number of azide groups is 1. The maximum Gasteiger partial charge on any atom is 0.0880 e. The first kappa shape index (κ1) is 11.0. The van der Waals surface area contributed by atoms with Gasteiger partial charge in [0, 0.05) is 16.2 Å². The quantitative estimate of drug-likeness (QED) is 0.244. The summed E-state index contributed by atoms with van der Waals surface area (Å²) in [5, 5.41) is 3.34. The molecule has 0 saturated heterocycles. The van der Waals surface area contributed by atoms with E-state index in [2.05, 4.69) is 21.9 Å². The molecule has 1 aromatic carbocycles. The Morgan fingerprint density at radius 2 is 2.13 bits per heavy atom. The summed E-state index contributed by atoms with van der Waals surface area (Å²) in [4.78, 5) is 2.62. The second kappa shape index (κ2) is 4.94. The standard InChI is InChI=1S/C11H12N4/c1-8-9(2)11(12)6-5-10(8)4-3-7-14-15-13/h5-6H,7,12H2,1-2H3. The Balaban J connectivity index is 2.99. The number of nitrogen functional groups attached to an aromatic ring is 1. The van der Waals surface area contributed by atoms with Gasteiger partial charge >= 0.3 is 0 Å². The second-order valence-corrected chi connectivity index (χ2v) is 3.14. The molecular formula is C11H12N4. The van der Waals surface area contributed by atoms with E-state index in [9.17, 15) is 0 Å². The Hall–Kier alpha value is -2.11. The van der Waals surface area contributed by atoms with E-state index in [1.165, 1.54) is 0 Å². The van der Waals surface area contributed by atoms with E-state index in [1.807, 2.05) is 26.0 Å². The van der Waals surface area contributed by atoms with E-state index in [-0.39, 0.29) is 6.54 Å². The summed E-state index contributed by atoms with van der Waals surface area (Å²) in [7, 11) is 0. The Bertz CT molecular complexity index is 473. The van der Waals surface area contributed by atoms with Crippen molar-refractivity contribution < 1.29 is 0 Å². The number of benzene rings is 1. The predicted octanol–water partition coefficient (Wildman–Crippen LogP) is 2.55. The molecule has 0 radical (unpaired) electrons. The third kappa shape index (κ3) is 2.67. The minimum Gasteiger partial charge on any atom is -0.399 e. The number of nitrogens with two attached hydrogens (primary N) is 1. The lowest BCUT2D eigenvalue weighted by molar-refractivity contribution is 1.25. The van der Waals surface area contributed by atoms with Crippen molar-refractivity contribution >= 4 is 5.69 Å². The molecule has 0 atom stereocenters. The Kier molecular flexibility index (Phi) is 3.61. The van der Waals surface area contributed by atoms with Crippen molar-refractivity contribution in [2.75, 3.05) is 12.3 Å². The number of hydrogen-bond donors (Lipinski definition) is 1. The molecule has 4 heteroatoms. The summed E-state index contributed by atoms with van der Waals surface area (Å²) in [5.41, 5.74) is 17.6. The van der Waals surface area contributed by atoms with Crippen LogP contribution in [0.25, 0.3) is 10.4 Å². The fourth-order valence-corrected chi connectivity index (χ4v) is 1.18. The van der Waals surface area contributed by atoms with Gasteiger partial charge in [-0.1, -0.05) is 17.0 Å². The van der Waals surface area contributed by atoms with Crippen LogP contribution in [0.5, 0.6) is 0 Å². The van der Waals surface area contributed by atoms with Gasteiger partial charge in [0.1, 0.15) is 0 Å². The molecule has 0 heterocycles. The first-order valence-electron chi connectivity index (χ1n) is 4.52. The van der Waals surface area contributed by atoms with Crippen molar-refractivity contribution in [3.05, 3.63) is 39.3 Å². The van der Waals surface area contributed by atoms with E-state index in [0.29, 0.717) is 0 Å². The van der Waals surface area contributed by atoms with Crippen LogP contribution >= 0.6 is 0 Å². The molecule has 1 rings (SSSR count). The first-order valence-corrected chi connectivity index (χ1v) is 4.52. The third-order valence-corrected chi connectivity index (χ3v) is 2.27. The first-order chi connectivity index (χ1) is 7.16. The number of nitrogens with zero attached hydrogens (tertiary/aromatic N) is 3. The molecule has 0 spiro atoms. The summed E-state index contributed by atoms with van der Waals surface area (Å²) in [6, 6.07) is 3.71. The summed E-state index contributed by atoms with van der Waals surface area (Å²) in [6.07, 6.45) is 0. The Labute approximate surface area is 88.7 Å². The lowest BCUT2D eigenvalue weighted by Gasteiger charge is -2.05. The van der Waals surface area contributed by atoms with Gasteiger partial charge in [0.25, 0.3) is 0 Å². The van der Waals surface area contributed by atoms with Crippen LogP contribution in [-0.4, -0.2) is 6.54 Å². The molecule has 0 amide bonds. The molecule has 0 aromatic heterocycles. The number of anilines is 1. The van der Waals surface area contributed by atoms with Crippen molar-refractivity contribution in [2.45, 2.75) is 13.8 Å². The summed E-state index contributed by atoms with van der Waals surface area (Å²) >= 11 is 0. The van der Waals surface area contributed by atoms with Crippen molar-refractivity contribution in [1.29, 1.82) is 0 Å². The van der Waals surface area contributed by atoms with Crippen LogP contribution in [0.4, 0.5) is 5.69 Å². The molecule has 2 N–H and O–H groups in total. The van der Waals surface area contributed by atoms with Gasteiger partial charge in [0.05, 0.1) is 6.54 Å². The van der Waals surface area contributed by atoms with Crippen molar-refractivity contribution in [2.24, 2.45) is 5.11 Å². The number of rotatable bonds is 1. The molecule has 1 aromatic rings. The predicted molar refractivity (Wildman–Crippen MR) is 61.2 cm³/mol. The number of hydrogen-bond acceptors (Lipinski definition) is 2. The molecule has 0 aliphatic rings. The molecule has 0 unspecified atom stereocenters. The van der Waals surface area contributed by atoms with Gasteiger partial charge in [0.2, 0.25) is 0 Å². The molecule has 76 valence electrons. The highest BCUT2D eigenvalue weighted by molar-refractivity contribution is 5.56. The van der Waals surface area contributed by atoms with E-state index in [4.69, 9.17) is 11.3 Å². The van der Waals surface area contributed by atoms with E-state index in [0.717, 1.165) is 22.4 Å². The molecular weight excluding hydrogens is 188 g/mol. The zero-order valence-electron chi connectivity index (χ0n) is 8.78. The third-order valence-electron chi connectivity index (χ3n) is 2.27. The van der Waals surface area contributed by atoms with Crippen molar-refractivity contribution in [1.82, 2.24) is 0 Å². The molecule has 0 saturated carbocycles. The van der Waals surface area contributed by atoms with Gasteiger partial charge in [-0.15, -0.1) is 0 Å². The average molecular weight is 200 g/mol. The monoisotopic (exact) mass is 200 g/mol. The zero-order valence-corrected chi connectivity index (χ0v) is 8.78. The maximum atomic E-state index is 8.07. The largest absolute Gasteiger partial charge is 0.399 e. The van der Waals surface area contributed by atoms with Crippen LogP contribution in [0.3, 0.4) is 0 Å².